The molecule has 0 saturated heterocycles. The molecule has 0 spiro atoms. The molecule has 0 aromatic carbocycles. The monoisotopic (exact) mass is 212 g/mol. The summed E-state index contributed by atoms with van der Waals surface area (Å²) < 4.78 is 0. The van der Waals surface area contributed by atoms with Crippen LogP contribution in [-0.4, -0.2) is 28.9 Å². The molecular formula is C12H24N2O. The van der Waals surface area contributed by atoms with Crippen molar-refractivity contribution in [2.75, 3.05) is 0 Å². The molecule has 0 radical (unpaired) electrons. The zero-order valence-corrected chi connectivity index (χ0v) is 10.4. The Hall–Kier alpha value is -0.570. The molecular weight excluding hydrogens is 188 g/mol. The van der Waals surface area contributed by atoms with Crippen LogP contribution in [0.2, 0.25) is 0 Å². The molecule has 1 fully saturated rings. The van der Waals surface area contributed by atoms with Crippen molar-refractivity contribution in [2.24, 2.45) is 11.7 Å². The van der Waals surface area contributed by atoms with Crippen LogP contribution < -0.4 is 5.73 Å². The van der Waals surface area contributed by atoms with E-state index in [1.165, 1.54) is 0 Å². The minimum atomic E-state index is -0.364. The lowest BCUT2D eigenvalue weighted by Crippen LogP contribution is -2.49. The standard InChI is InChI=1S/C12H24N2O/c1-5-8(2)10(4)14(11-6-7-11)12(15)9(3)13/h8-11H,5-7,13H2,1-4H3/t8?,9-,10?/m0/s1. The van der Waals surface area contributed by atoms with Crippen LogP contribution in [0.1, 0.15) is 47.0 Å². The van der Waals surface area contributed by atoms with Crippen molar-refractivity contribution in [3.05, 3.63) is 0 Å². The molecule has 0 aromatic rings. The molecule has 2 unspecified atom stereocenters. The van der Waals surface area contributed by atoms with Gasteiger partial charge in [-0.3, -0.25) is 4.79 Å². The van der Waals surface area contributed by atoms with Gasteiger partial charge in [0.05, 0.1) is 6.04 Å². The summed E-state index contributed by atoms with van der Waals surface area (Å²) in [5, 5.41) is 0. The zero-order valence-electron chi connectivity index (χ0n) is 10.4. The molecule has 1 aliphatic rings. The summed E-state index contributed by atoms with van der Waals surface area (Å²) >= 11 is 0. The maximum Gasteiger partial charge on any atom is 0.239 e. The molecule has 0 aliphatic heterocycles. The maximum atomic E-state index is 12.0. The number of hydrogen-bond acceptors (Lipinski definition) is 2. The Morgan fingerprint density at radius 1 is 1.40 bits per heavy atom. The van der Waals surface area contributed by atoms with E-state index in [1.54, 1.807) is 6.92 Å². The summed E-state index contributed by atoms with van der Waals surface area (Å²) in [6.07, 6.45) is 3.41. The van der Waals surface area contributed by atoms with Crippen molar-refractivity contribution in [2.45, 2.75) is 65.1 Å². The summed E-state index contributed by atoms with van der Waals surface area (Å²) in [5.41, 5.74) is 5.69. The summed E-state index contributed by atoms with van der Waals surface area (Å²) in [7, 11) is 0. The van der Waals surface area contributed by atoms with Gasteiger partial charge >= 0.3 is 0 Å². The number of hydrogen-bond donors (Lipinski definition) is 1. The molecule has 3 nitrogen and oxygen atoms in total. The fourth-order valence-electron chi connectivity index (χ4n) is 1.92. The highest BCUT2D eigenvalue weighted by atomic mass is 16.2. The Morgan fingerprint density at radius 2 is 1.93 bits per heavy atom. The molecule has 1 saturated carbocycles. The van der Waals surface area contributed by atoms with Crippen LogP contribution in [0.15, 0.2) is 0 Å². The van der Waals surface area contributed by atoms with Crippen LogP contribution in [0.4, 0.5) is 0 Å². The van der Waals surface area contributed by atoms with E-state index in [9.17, 15) is 4.79 Å². The first kappa shape index (κ1) is 12.5. The minimum Gasteiger partial charge on any atom is -0.335 e. The van der Waals surface area contributed by atoms with E-state index in [0.717, 1.165) is 19.3 Å². The lowest BCUT2D eigenvalue weighted by molar-refractivity contribution is -0.136. The molecule has 3 atom stereocenters. The summed E-state index contributed by atoms with van der Waals surface area (Å²) in [4.78, 5) is 14.0. The molecule has 3 heteroatoms. The molecule has 15 heavy (non-hydrogen) atoms. The Bertz CT molecular complexity index is 224. The van der Waals surface area contributed by atoms with Gasteiger partial charge in [0, 0.05) is 12.1 Å². The molecule has 2 N–H and O–H groups in total. The van der Waals surface area contributed by atoms with Gasteiger partial charge in [-0.2, -0.15) is 0 Å². The summed E-state index contributed by atoms with van der Waals surface area (Å²) in [6.45, 7) is 8.30. The topological polar surface area (TPSA) is 46.3 Å². The van der Waals surface area contributed by atoms with Crippen LogP contribution in [0.3, 0.4) is 0 Å². The summed E-state index contributed by atoms with van der Waals surface area (Å²) in [5.74, 6) is 0.665. The van der Waals surface area contributed by atoms with E-state index in [2.05, 4.69) is 20.8 Å². The van der Waals surface area contributed by atoms with E-state index in [1.807, 2.05) is 4.90 Å². The first-order valence-electron chi connectivity index (χ1n) is 6.06. The Balaban J connectivity index is 2.69. The smallest absolute Gasteiger partial charge is 0.239 e. The Morgan fingerprint density at radius 3 is 2.27 bits per heavy atom. The van der Waals surface area contributed by atoms with Gasteiger partial charge in [0.2, 0.25) is 5.91 Å². The highest BCUT2D eigenvalue weighted by Gasteiger charge is 2.37. The van der Waals surface area contributed by atoms with Gasteiger partial charge < -0.3 is 10.6 Å². The quantitative estimate of drug-likeness (QED) is 0.755. The molecule has 0 heterocycles. The van der Waals surface area contributed by atoms with E-state index < -0.39 is 0 Å². The van der Waals surface area contributed by atoms with Crippen molar-refractivity contribution in [1.29, 1.82) is 0 Å². The van der Waals surface area contributed by atoms with Crippen molar-refractivity contribution < 1.29 is 4.79 Å². The Kier molecular flexibility index (Phi) is 4.14. The van der Waals surface area contributed by atoms with E-state index >= 15 is 0 Å². The second kappa shape index (κ2) is 4.97. The Labute approximate surface area is 93.0 Å². The van der Waals surface area contributed by atoms with E-state index in [4.69, 9.17) is 5.73 Å². The van der Waals surface area contributed by atoms with Crippen LogP contribution in [0, 0.1) is 5.92 Å². The van der Waals surface area contributed by atoms with Crippen LogP contribution in [0.5, 0.6) is 0 Å². The largest absolute Gasteiger partial charge is 0.335 e. The van der Waals surface area contributed by atoms with Gasteiger partial charge in [0.15, 0.2) is 0 Å². The average molecular weight is 212 g/mol. The number of carbonyl (C=O) groups is 1. The highest BCUT2D eigenvalue weighted by molar-refractivity contribution is 5.82. The number of carbonyl (C=O) groups excluding carboxylic acids is 1. The van der Waals surface area contributed by atoms with Crippen LogP contribution in [-0.2, 0) is 4.79 Å². The molecule has 1 rings (SSSR count). The van der Waals surface area contributed by atoms with Gasteiger partial charge in [-0.05, 0) is 32.6 Å². The van der Waals surface area contributed by atoms with Gasteiger partial charge in [-0.1, -0.05) is 20.3 Å². The molecule has 1 amide bonds. The van der Waals surface area contributed by atoms with Gasteiger partial charge in [0.1, 0.15) is 0 Å². The number of nitrogens with two attached hydrogens (primary N) is 1. The van der Waals surface area contributed by atoms with Crippen LogP contribution in [0.25, 0.3) is 0 Å². The minimum absolute atomic E-state index is 0.116. The first-order valence-corrected chi connectivity index (χ1v) is 6.06. The predicted octanol–water partition coefficient (Wildman–Crippen LogP) is 1.76. The van der Waals surface area contributed by atoms with Crippen molar-refractivity contribution in [1.82, 2.24) is 4.90 Å². The molecule has 0 bridgehead atoms. The third-order valence-corrected chi connectivity index (χ3v) is 3.49. The van der Waals surface area contributed by atoms with Gasteiger partial charge in [0.25, 0.3) is 0 Å². The maximum absolute atomic E-state index is 12.0. The molecule has 0 aromatic heterocycles. The van der Waals surface area contributed by atoms with E-state index in [0.29, 0.717) is 18.0 Å². The third-order valence-electron chi connectivity index (χ3n) is 3.49. The zero-order chi connectivity index (χ0) is 11.6. The predicted molar refractivity (Wildman–Crippen MR) is 62.4 cm³/mol. The van der Waals surface area contributed by atoms with Crippen LogP contribution >= 0.6 is 0 Å². The number of amides is 1. The van der Waals surface area contributed by atoms with Gasteiger partial charge in [-0.25, -0.2) is 0 Å². The lowest BCUT2D eigenvalue weighted by Gasteiger charge is -2.34. The van der Waals surface area contributed by atoms with Crippen molar-refractivity contribution in [3.8, 4) is 0 Å². The first-order chi connectivity index (χ1) is 6.99. The second-order valence-corrected chi connectivity index (χ2v) is 4.89. The third kappa shape index (κ3) is 2.94. The van der Waals surface area contributed by atoms with Crippen molar-refractivity contribution in [3.63, 3.8) is 0 Å². The van der Waals surface area contributed by atoms with Crippen molar-refractivity contribution >= 4 is 5.91 Å². The normalized spacial score (nSPS) is 21.9. The summed E-state index contributed by atoms with van der Waals surface area (Å²) in [6, 6.07) is 0.422. The van der Waals surface area contributed by atoms with Gasteiger partial charge in [-0.15, -0.1) is 0 Å². The molecule has 88 valence electrons. The average Bonchev–Trinajstić information content (AvgIpc) is 3.00. The number of rotatable bonds is 5. The number of nitrogens with zero attached hydrogens (tertiary/aromatic N) is 1. The fraction of sp³-hybridized carbons (Fsp3) is 0.917. The second-order valence-electron chi connectivity index (χ2n) is 4.89. The highest BCUT2D eigenvalue weighted by Crippen LogP contribution is 2.31. The van der Waals surface area contributed by atoms with E-state index in [-0.39, 0.29) is 11.9 Å². The molecule has 1 aliphatic carbocycles. The SMILES string of the molecule is CCC(C)C(C)N(C(=O)[C@H](C)N)C1CC1. The fourth-order valence-corrected chi connectivity index (χ4v) is 1.92. The lowest BCUT2D eigenvalue weighted by atomic mass is 9.98.